The Morgan fingerprint density at radius 2 is 1.60 bits per heavy atom. The Morgan fingerprint density at radius 3 is 2.08 bits per heavy atom. The van der Waals surface area contributed by atoms with E-state index in [2.05, 4.69) is 15.9 Å². The SMILES string of the molecule is O=C1[C@@H]2C3C=CC([C@@H]2C(=O)N1c1ccc(Br)c(C(F)(F)F)c1)C31CC1. The molecule has 2 unspecified atom stereocenters. The van der Waals surface area contributed by atoms with Crippen molar-refractivity contribution in [1.29, 1.82) is 0 Å². The topological polar surface area (TPSA) is 37.4 Å². The molecule has 3 aliphatic carbocycles. The molecule has 7 heteroatoms. The van der Waals surface area contributed by atoms with Crippen molar-refractivity contribution >= 4 is 33.4 Å². The average Bonchev–Trinajstić information content (AvgIpc) is 3.13. The molecular formula is C18H13BrF3NO2. The van der Waals surface area contributed by atoms with Gasteiger partial charge in [0.05, 0.1) is 23.1 Å². The van der Waals surface area contributed by atoms with E-state index in [1.807, 2.05) is 12.2 Å². The molecule has 1 aromatic rings. The molecule has 0 radical (unpaired) electrons. The zero-order valence-corrected chi connectivity index (χ0v) is 14.5. The zero-order chi connectivity index (χ0) is 17.7. The van der Waals surface area contributed by atoms with E-state index in [0.29, 0.717) is 0 Å². The molecule has 1 heterocycles. The lowest BCUT2D eigenvalue weighted by Gasteiger charge is -2.22. The van der Waals surface area contributed by atoms with Gasteiger partial charge in [0.25, 0.3) is 0 Å². The van der Waals surface area contributed by atoms with Crippen LogP contribution >= 0.6 is 15.9 Å². The third-order valence-corrected chi connectivity index (χ3v) is 7.06. The van der Waals surface area contributed by atoms with Crippen LogP contribution in [-0.2, 0) is 15.8 Å². The minimum atomic E-state index is -4.56. The summed E-state index contributed by atoms with van der Waals surface area (Å²) in [4.78, 5) is 26.8. The largest absolute Gasteiger partial charge is 0.417 e. The first-order valence-corrected chi connectivity index (χ1v) is 8.98. The van der Waals surface area contributed by atoms with Crippen LogP contribution in [0.5, 0.6) is 0 Å². The Morgan fingerprint density at radius 1 is 1.04 bits per heavy atom. The first-order valence-electron chi connectivity index (χ1n) is 8.18. The molecule has 1 aromatic carbocycles. The van der Waals surface area contributed by atoms with Gasteiger partial charge in [-0.15, -0.1) is 0 Å². The second kappa shape index (κ2) is 4.55. The van der Waals surface area contributed by atoms with Crippen LogP contribution in [-0.4, -0.2) is 11.8 Å². The lowest BCUT2D eigenvalue weighted by atomic mass is 9.85. The molecule has 3 fully saturated rings. The van der Waals surface area contributed by atoms with Crippen LogP contribution in [0.2, 0.25) is 0 Å². The molecule has 1 spiro atoms. The quantitative estimate of drug-likeness (QED) is 0.513. The number of imide groups is 1. The van der Waals surface area contributed by atoms with E-state index in [4.69, 9.17) is 0 Å². The Bertz CT molecular complexity index is 824. The highest BCUT2D eigenvalue weighted by atomic mass is 79.9. The number of hydrogen-bond donors (Lipinski definition) is 0. The van der Waals surface area contributed by atoms with Gasteiger partial charge < -0.3 is 0 Å². The van der Waals surface area contributed by atoms with Crippen molar-refractivity contribution in [2.75, 3.05) is 4.90 Å². The predicted octanol–water partition coefficient (Wildman–Crippen LogP) is 4.17. The number of rotatable bonds is 1. The molecular weight excluding hydrogens is 399 g/mol. The van der Waals surface area contributed by atoms with Crippen molar-refractivity contribution in [2.24, 2.45) is 29.1 Å². The Balaban J connectivity index is 1.56. The first kappa shape index (κ1) is 15.6. The van der Waals surface area contributed by atoms with Gasteiger partial charge in [0.1, 0.15) is 0 Å². The summed E-state index contributed by atoms with van der Waals surface area (Å²) in [5, 5.41) is 0. The maximum Gasteiger partial charge on any atom is 0.417 e. The molecule has 0 N–H and O–H groups in total. The number of hydrogen-bond acceptors (Lipinski definition) is 2. The molecule has 2 bridgehead atoms. The maximum atomic E-state index is 13.2. The number of carbonyl (C=O) groups is 2. The van der Waals surface area contributed by atoms with Gasteiger partial charge in [-0.1, -0.05) is 28.1 Å². The van der Waals surface area contributed by atoms with Gasteiger partial charge in [0, 0.05) is 4.47 Å². The molecule has 1 saturated heterocycles. The van der Waals surface area contributed by atoms with Crippen LogP contribution in [0.1, 0.15) is 18.4 Å². The second-order valence-corrected chi connectivity index (χ2v) is 8.25. The van der Waals surface area contributed by atoms with Gasteiger partial charge >= 0.3 is 6.18 Å². The monoisotopic (exact) mass is 411 g/mol. The van der Waals surface area contributed by atoms with E-state index >= 15 is 0 Å². The van der Waals surface area contributed by atoms with Gasteiger partial charge in [-0.05, 0) is 48.3 Å². The number of halogens is 4. The summed E-state index contributed by atoms with van der Waals surface area (Å²) in [6.07, 6.45) is 1.57. The fraction of sp³-hybridized carbons (Fsp3) is 0.444. The number of benzene rings is 1. The highest BCUT2D eigenvalue weighted by Crippen LogP contribution is 2.73. The van der Waals surface area contributed by atoms with Gasteiger partial charge in [0.2, 0.25) is 11.8 Å². The summed E-state index contributed by atoms with van der Waals surface area (Å²) in [5.41, 5.74) is -0.810. The molecule has 25 heavy (non-hydrogen) atoms. The number of amides is 2. The second-order valence-electron chi connectivity index (χ2n) is 7.39. The van der Waals surface area contributed by atoms with Crippen molar-refractivity contribution in [3.63, 3.8) is 0 Å². The summed E-state index contributed by atoms with van der Waals surface area (Å²) in [6, 6.07) is 3.50. The number of alkyl halides is 3. The molecule has 1 aliphatic heterocycles. The number of allylic oxidation sites excluding steroid dienone is 2. The molecule has 0 aromatic heterocycles. The summed E-state index contributed by atoms with van der Waals surface area (Å²) >= 11 is 2.89. The predicted molar refractivity (Wildman–Crippen MR) is 86.4 cm³/mol. The molecule has 2 amide bonds. The van der Waals surface area contributed by atoms with Crippen LogP contribution in [0, 0.1) is 29.1 Å². The van der Waals surface area contributed by atoms with Gasteiger partial charge in [0.15, 0.2) is 0 Å². The van der Waals surface area contributed by atoms with Crippen molar-refractivity contribution in [3.8, 4) is 0 Å². The first-order chi connectivity index (χ1) is 11.8. The van der Waals surface area contributed by atoms with Gasteiger partial charge in [-0.25, -0.2) is 0 Å². The normalized spacial score (nSPS) is 34.3. The number of anilines is 1. The highest BCUT2D eigenvalue weighted by molar-refractivity contribution is 9.10. The van der Waals surface area contributed by atoms with Crippen molar-refractivity contribution < 1.29 is 22.8 Å². The number of fused-ring (bicyclic) bond motifs is 3. The smallest absolute Gasteiger partial charge is 0.274 e. The van der Waals surface area contributed by atoms with E-state index < -0.39 is 23.6 Å². The van der Waals surface area contributed by atoms with Crippen LogP contribution in [0.15, 0.2) is 34.8 Å². The molecule has 3 nitrogen and oxygen atoms in total. The number of carbonyl (C=O) groups excluding carboxylic acids is 2. The van der Waals surface area contributed by atoms with Crippen molar-refractivity contribution in [1.82, 2.24) is 0 Å². The van der Waals surface area contributed by atoms with Gasteiger partial charge in [-0.2, -0.15) is 13.2 Å². The lowest BCUT2D eigenvalue weighted by molar-refractivity contribution is -0.138. The Labute approximate surface area is 150 Å². The summed E-state index contributed by atoms with van der Waals surface area (Å²) in [7, 11) is 0. The zero-order valence-electron chi connectivity index (χ0n) is 12.9. The van der Waals surface area contributed by atoms with E-state index in [1.54, 1.807) is 0 Å². The molecule has 5 rings (SSSR count). The standard InChI is InChI=1S/C18H13BrF3NO2/c19-12-4-1-8(7-11(12)18(20,21)22)23-15(24)13-9-2-3-10(14(13)16(23)25)17(9)5-6-17/h1-4,7,9-10,13-14H,5-6H2/t9?,10?,13-,14+. The summed E-state index contributed by atoms with van der Waals surface area (Å²) < 4.78 is 39.4. The third kappa shape index (κ3) is 1.82. The fourth-order valence-corrected chi connectivity index (χ4v) is 5.67. The highest BCUT2D eigenvalue weighted by Gasteiger charge is 2.73. The lowest BCUT2D eigenvalue weighted by Crippen LogP contribution is -2.35. The van der Waals surface area contributed by atoms with Crippen LogP contribution in [0.3, 0.4) is 0 Å². The third-order valence-electron chi connectivity index (χ3n) is 6.37. The number of nitrogens with zero attached hydrogens (tertiary/aromatic N) is 1. The Kier molecular flexibility index (Phi) is 2.84. The fourth-order valence-electron chi connectivity index (χ4n) is 5.20. The summed E-state index contributed by atoms with van der Waals surface area (Å²) in [6.45, 7) is 0. The Hall–Kier alpha value is -1.63. The van der Waals surface area contributed by atoms with E-state index in [1.165, 1.54) is 12.1 Å². The van der Waals surface area contributed by atoms with E-state index in [-0.39, 0.29) is 39.2 Å². The van der Waals surface area contributed by atoms with Crippen LogP contribution < -0.4 is 4.90 Å². The van der Waals surface area contributed by atoms with Gasteiger partial charge in [-0.3, -0.25) is 14.5 Å². The van der Waals surface area contributed by atoms with Crippen LogP contribution in [0.4, 0.5) is 18.9 Å². The minimum Gasteiger partial charge on any atom is -0.274 e. The average molecular weight is 412 g/mol. The minimum absolute atomic E-state index is 0.00386. The molecule has 4 atom stereocenters. The van der Waals surface area contributed by atoms with E-state index in [0.717, 1.165) is 23.8 Å². The van der Waals surface area contributed by atoms with E-state index in [9.17, 15) is 22.8 Å². The molecule has 130 valence electrons. The van der Waals surface area contributed by atoms with Crippen molar-refractivity contribution in [2.45, 2.75) is 19.0 Å². The summed E-state index contributed by atoms with van der Waals surface area (Å²) in [5.74, 6) is -1.42. The molecule has 2 saturated carbocycles. The molecule has 4 aliphatic rings. The van der Waals surface area contributed by atoms with Crippen LogP contribution in [0.25, 0.3) is 0 Å². The maximum absolute atomic E-state index is 13.2. The van der Waals surface area contributed by atoms with Crippen molar-refractivity contribution in [3.05, 3.63) is 40.4 Å².